The summed E-state index contributed by atoms with van der Waals surface area (Å²) in [4.78, 5) is 25.9. The van der Waals surface area contributed by atoms with Gasteiger partial charge in [-0.05, 0) is 6.42 Å². The van der Waals surface area contributed by atoms with E-state index >= 15 is 0 Å². The van der Waals surface area contributed by atoms with Gasteiger partial charge in [-0.2, -0.15) is 0 Å². The molecule has 17 heavy (non-hydrogen) atoms. The van der Waals surface area contributed by atoms with E-state index in [-0.39, 0.29) is 17.9 Å². The number of hydrogen-bond acceptors (Lipinski definition) is 3. The normalized spacial score (nSPS) is 10.8. The molecule has 0 unspecified atom stereocenters. The molecule has 0 fully saturated rings. The Balaban J connectivity index is 4.00. The van der Waals surface area contributed by atoms with Gasteiger partial charge in [-0.1, -0.05) is 39.6 Å². The monoisotopic (exact) mass is 257 g/mol. The highest BCUT2D eigenvalue weighted by Gasteiger charge is 2.19. The van der Waals surface area contributed by atoms with Gasteiger partial charge in [0.2, 0.25) is 5.91 Å². The van der Waals surface area contributed by atoms with Gasteiger partial charge in [0.05, 0.1) is 13.0 Å². The van der Waals surface area contributed by atoms with E-state index in [4.69, 9.17) is 4.74 Å². The lowest BCUT2D eigenvalue weighted by Gasteiger charge is -2.18. The third-order valence-corrected chi connectivity index (χ3v) is 2.94. The average molecular weight is 257 g/mol. The van der Waals surface area contributed by atoms with Crippen molar-refractivity contribution in [3.63, 3.8) is 0 Å². The van der Waals surface area contributed by atoms with E-state index in [1.165, 1.54) is 0 Å². The standard InChI is InChI=1S/C12H23NO3Si/c1-6-7-8-16-12(15)10(2)9-11(14)13-17(3,4)5/h2,6-9H2,1,3-5H3,(H,13,14). The molecule has 0 aromatic carbocycles. The van der Waals surface area contributed by atoms with Crippen molar-refractivity contribution in [2.75, 3.05) is 6.61 Å². The molecule has 0 saturated heterocycles. The van der Waals surface area contributed by atoms with Crippen LogP contribution in [0.25, 0.3) is 0 Å². The molecule has 0 aliphatic rings. The first-order valence-corrected chi connectivity index (χ1v) is 9.42. The highest BCUT2D eigenvalue weighted by atomic mass is 28.3. The molecule has 0 aromatic heterocycles. The molecular formula is C12H23NO3Si. The van der Waals surface area contributed by atoms with Crippen molar-refractivity contribution in [2.24, 2.45) is 0 Å². The second-order valence-electron chi connectivity index (χ2n) is 5.07. The van der Waals surface area contributed by atoms with Crippen LogP contribution in [-0.2, 0) is 14.3 Å². The van der Waals surface area contributed by atoms with E-state index in [0.717, 1.165) is 12.8 Å². The van der Waals surface area contributed by atoms with Gasteiger partial charge in [0, 0.05) is 5.57 Å². The quantitative estimate of drug-likeness (QED) is 0.329. The first-order valence-electron chi connectivity index (χ1n) is 5.92. The van der Waals surface area contributed by atoms with Crippen LogP contribution < -0.4 is 4.98 Å². The molecule has 0 heterocycles. The van der Waals surface area contributed by atoms with Gasteiger partial charge >= 0.3 is 5.97 Å². The van der Waals surface area contributed by atoms with Gasteiger partial charge in [0.15, 0.2) is 0 Å². The van der Waals surface area contributed by atoms with E-state index in [2.05, 4.69) is 11.6 Å². The number of carbonyl (C=O) groups excluding carboxylic acids is 2. The highest BCUT2D eigenvalue weighted by molar-refractivity contribution is 6.75. The smallest absolute Gasteiger partial charge is 0.333 e. The predicted octanol–water partition coefficient (Wildman–Crippen LogP) is 2.23. The number of rotatable bonds is 7. The van der Waals surface area contributed by atoms with Crippen LogP contribution in [0.5, 0.6) is 0 Å². The van der Waals surface area contributed by atoms with Gasteiger partial charge in [-0.15, -0.1) is 0 Å². The lowest BCUT2D eigenvalue weighted by atomic mass is 10.2. The van der Waals surface area contributed by atoms with Crippen LogP contribution in [-0.4, -0.2) is 26.7 Å². The van der Waals surface area contributed by atoms with Crippen LogP contribution >= 0.6 is 0 Å². The van der Waals surface area contributed by atoms with Gasteiger partial charge in [-0.25, -0.2) is 4.79 Å². The highest BCUT2D eigenvalue weighted by Crippen LogP contribution is 2.04. The molecule has 0 aliphatic heterocycles. The number of amides is 1. The van der Waals surface area contributed by atoms with E-state index in [0.29, 0.717) is 6.61 Å². The number of nitrogens with one attached hydrogen (secondary N) is 1. The zero-order valence-electron chi connectivity index (χ0n) is 11.3. The van der Waals surface area contributed by atoms with Crippen LogP contribution in [0, 0.1) is 0 Å². The minimum absolute atomic E-state index is 0.0230. The molecule has 0 spiro atoms. The third kappa shape index (κ3) is 8.68. The number of ether oxygens (including phenoxy) is 1. The Bertz CT molecular complexity index is 295. The summed E-state index contributed by atoms with van der Waals surface area (Å²) in [5.41, 5.74) is 0.219. The first kappa shape index (κ1) is 15.9. The van der Waals surface area contributed by atoms with Gasteiger partial charge < -0.3 is 9.72 Å². The van der Waals surface area contributed by atoms with Crippen LogP contribution in [0.4, 0.5) is 0 Å². The summed E-state index contributed by atoms with van der Waals surface area (Å²) in [5.74, 6) is -0.620. The maximum absolute atomic E-state index is 11.6. The van der Waals surface area contributed by atoms with E-state index < -0.39 is 14.2 Å². The molecule has 1 amide bonds. The maximum Gasteiger partial charge on any atom is 0.333 e. The molecule has 0 atom stereocenters. The largest absolute Gasteiger partial charge is 0.462 e. The summed E-state index contributed by atoms with van der Waals surface area (Å²) in [6.45, 7) is 12.1. The van der Waals surface area contributed by atoms with Crippen molar-refractivity contribution in [1.82, 2.24) is 4.98 Å². The summed E-state index contributed by atoms with van der Waals surface area (Å²) in [6.07, 6.45) is 1.82. The lowest BCUT2D eigenvalue weighted by molar-refractivity contribution is -0.140. The third-order valence-electron chi connectivity index (χ3n) is 1.91. The topological polar surface area (TPSA) is 55.4 Å². The number of unbranched alkanes of at least 4 members (excludes halogenated alkanes) is 1. The maximum atomic E-state index is 11.6. The second kappa shape index (κ2) is 7.27. The Morgan fingerprint density at radius 3 is 2.35 bits per heavy atom. The van der Waals surface area contributed by atoms with Crippen molar-refractivity contribution < 1.29 is 14.3 Å². The minimum atomic E-state index is -1.65. The molecular weight excluding hydrogens is 234 g/mol. The summed E-state index contributed by atoms with van der Waals surface area (Å²) >= 11 is 0. The van der Waals surface area contributed by atoms with Crippen LogP contribution in [0.2, 0.25) is 19.6 Å². The second-order valence-corrected chi connectivity index (χ2v) is 9.82. The van der Waals surface area contributed by atoms with E-state index in [1.807, 2.05) is 26.6 Å². The SMILES string of the molecule is C=C(CC(=O)N[Si](C)(C)C)C(=O)OCCCC. The molecule has 0 radical (unpaired) electrons. The average Bonchev–Trinajstić information content (AvgIpc) is 2.14. The van der Waals surface area contributed by atoms with Crippen molar-refractivity contribution in [3.05, 3.63) is 12.2 Å². The molecule has 0 saturated carbocycles. The molecule has 0 rings (SSSR count). The zero-order chi connectivity index (χ0) is 13.5. The van der Waals surface area contributed by atoms with Crippen molar-refractivity contribution in [2.45, 2.75) is 45.8 Å². The Kier molecular flexibility index (Phi) is 6.80. The molecule has 98 valence electrons. The molecule has 1 N–H and O–H groups in total. The van der Waals surface area contributed by atoms with Crippen molar-refractivity contribution in [3.8, 4) is 0 Å². The fraction of sp³-hybridized carbons (Fsp3) is 0.667. The number of esters is 1. The summed E-state index contributed by atoms with van der Waals surface area (Å²) in [5, 5.41) is 0. The fourth-order valence-electron chi connectivity index (χ4n) is 1.14. The lowest BCUT2D eigenvalue weighted by Crippen LogP contribution is -2.45. The van der Waals surface area contributed by atoms with Gasteiger partial charge in [-0.3, -0.25) is 4.79 Å². The minimum Gasteiger partial charge on any atom is -0.462 e. The Labute approximate surface area is 105 Å². The van der Waals surface area contributed by atoms with Crippen LogP contribution in [0.3, 0.4) is 0 Å². The fourth-order valence-corrected chi connectivity index (χ4v) is 2.06. The van der Waals surface area contributed by atoms with Gasteiger partial charge in [0.25, 0.3) is 0 Å². The molecule has 0 aliphatic carbocycles. The van der Waals surface area contributed by atoms with Crippen LogP contribution in [0.1, 0.15) is 26.2 Å². The molecule has 0 aromatic rings. The Morgan fingerprint density at radius 2 is 1.88 bits per heavy atom. The molecule has 5 heteroatoms. The molecule has 4 nitrogen and oxygen atoms in total. The summed E-state index contributed by atoms with van der Waals surface area (Å²) in [7, 11) is -1.65. The number of hydrogen-bond donors (Lipinski definition) is 1. The molecule has 0 bridgehead atoms. The van der Waals surface area contributed by atoms with E-state index in [9.17, 15) is 9.59 Å². The summed E-state index contributed by atoms with van der Waals surface area (Å²) in [6, 6.07) is 0. The van der Waals surface area contributed by atoms with Crippen molar-refractivity contribution >= 4 is 20.1 Å². The van der Waals surface area contributed by atoms with Crippen LogP contribution in [0.15, 0.2) is 12.2 Å². The zero-order valence-corrected chi connectivity index (χ0v) is 12.3. The van der Waals surface area contributed by atoms with E-state index in [1.54, 1.807) is 0 Å². The van der Waals surface area contributed by atoms with Crippen molar-refractivity contribution in [1.29, 1.82) is 0 Å². The number of carbonyl (C=O) groups is 2. The first-order chi connectivity index (χ1) is 7.76. The Hall–Kier alpha value is -1.10. The summed E-state index contributed by atoms with van der Waals surface area (Å²) < 4.78 is 4.97. The van der Waals surface area contributed by atoms with Gasteiger partial charge in [0.1, 0.15) is 8.24 Å². The predicted molar refractivity (Wildman–Crippen MR) is 71.1 cm³/mol. The Morgan fingerprint density at radius 1 is 1.29 bits per heavy atom.